The highest BCUT2D eigenvalue weighted by Crippen LogP contribution is 2.40. The normalized spacial score (nSPS) is 15.7. The van der Waals surface area contributed by atoms with Gasteiger partial charge in [-0.25, -0.2) is 4.79 Å². The number of ether oxygens (including phenoxy) is 2. The van der Waals surface area contributed by atoms with Crippen molar-refractivity contribution < 1.29 is 19.1 Å². The molecule has 0 aliphatic heterocycles. The van der Waals surface area contributed by atoms with Gasteiger partial charge in [-0.05, 0) is 68.9 Å². The smallest absolute Gasteiger partial charge is 0.341 e. The highest BCUT2D eigenvalue weighted by Gasteiger charge is 2.28. The maximum absolute atomic E-state index is 12.7. The van der Waals surface area contributed by atoms with Crippen LogP contribution in [0.3, 0.4) is 0 Å². The maximum atomic E-state index is 12.7. The lowest BCUT2D eigenvalue weighted by Crippen LogP contribution is -2.15. The fourth-order valence-corrected chi connectivity index (χ4v) is 5.29. The molecule has 0 saturated carbocycles. The molecule has 30 heavy (non-hydrogen) atoms. The van der Waals surface area contributed by atoms with Crippen LogP contribution in [-0.4, -0.2) is 25.1 Å². The monoisotopic (exact) mass is 491 g/mol. The zero-order valence-electron chi connectivity index (χ0n) is 17.4. The van der Waals surface area contributed by atoms with Gasteiger partial charge in [-0.3, -0.25) is 4.79 Å². The van der Waals surface area contributed by atoms with Crippen molar-refractivity contribution in [1.29, 1.82) is 0 Å². The molecule has 1 aromatic carbocycles. The number of thiophene rings is 1. The summed E-state index contributed by atoms with van der Waals surface area (Å²) >= 11 is 4.93. The van der Waals surface area contributed by atoms with E-state index in [0.717, 1.165) is 34.9 Å². The Bertz CT molecular complexity index is 966. The molecule has 1 atom stereocenters. The van der Waals surface area contributed by atoms with Crippen molar-refractivity contribution in [3.63, 3.8) is 0 Å². The minimum Gasteiger partial charge on any atom is -0.493 e. The molecule has 3 rings (SSSR count). The zero-order chi connectivity index (χ0) is 21.7. The first kappa shape index (κ1) is 22.6. The molecule has 1 amide bonds. The van der Waals surface area contributed by atoms with Crippen molar-refractivity contribution in [1.82, 2.24) is 0 Å². The number of rotatable bonds is 7. The van der Waals surface area contributed by atoms with Crippen LogP contribution in [0.25, 0.3) is 6.08 Å². The van der Waals surface area contributed by atoms with Gasteiger partial charge in [0.05, 0.1) is 18.8 Å². The predicted octanol–water partition coefficient (Wildman–Crippen LogP) is 5.86. The summed E-state index contributed by atoms with van der Waals surface area (Å²) < 4.78 is 11.8. The van der Waals surface area contributed by atoms with E-state index in [9.17, 15) is 9.59 Å². The van der Waals surface area contributed by atoms with Crippen LogP contribution < -0.4 is 10.1 Å². The maximum Gasteiger partial charge on any atom is 0.341 e. The van der Waals surface area contributed by atoms with Gasteiger partial charge in [0.25, 0.3) is 0 Å². The zero-order valence-corrected chi connectivity index (χ0v) is 19.8. The van der Waals surface area contributed by atoms with E-state index < -0.39 is 0 Å². The number of fused-ring (bicyclic) bond motifs is 1. The lowest BCUT2D eigenvalue weighted by Gasteiger charge is -2.18. The lowest BCUT2D eigenvalue weighted by atomic mass is 9.88. The predicted molar refractivity (Wildman–Crippen MR) is 124 cm³/mol. The van der Waals surface area contributed by atoms with Crippen LogP contribution in [0.15, 0.2) is 28.7 Å². The van der Waals surface area contributed by atoms with Crippen LogP contribution in [0.4, 0.5) is 5.00 Å². The largest absolute Gasteiger partial charge is 0.493 e. The summed E-state index contributed by atoms with van der Waals surface area (Å²) in [5.41, 5.74) is 2.34. The fraction of sp³-hybridized carbons (Fsp3) is 0.391. The molecule has 2 aromatic rings. The first-order valence-electron chi connectivity index (χ1n) is 10.2. The third kappa shape index (κ3) is 5.32. The van der Waals surface area contributed by atoms with Crippen LogP contribution in [0, 0.1) is 5.92 Å². The molecule has 1 aromatic heterocycles. The molecule has 1 aliphatic rings. The highest BCUT2D eigenvalue weighted by molar-refractivity contribution is 9.10. The van der Waals surface area contributed by atoms with E-state index in [4.69, 9.17) is 9.47 Å². The number of amides is 1. The van der Waals surface area contributed by atoms with Crippen LogP contribution in [0.5, 0.6) is 5.75 Å². The Morgan fingerprint density at radius 3 is 2.83 bits per heavy atom. The van der Waals surface area contributed by atoms with Gasteiger partial charge in [0.15, 0.2) is 0 Å². The number of hydrogen-bond donors (Lipinski definition) is 1. The molecule has 1 aliphatic carbocycles. The number of anilines is 1. The van der Waals surface area contributed by atoms with E-state index in [2.05, 4.69) is 28.2 Å². The topological polar surface area (TPSA) is 64.6 Å². The summed E-state index contributed by atoms with van der Waals surface area (Å²) in [4.78, 5) is 26.4. The Morgan fingerprint density at radius 1 is 1.30 bits per heavy atom. The Morgan fingerprint density at radius 2 is 2.10 bits per heavy atom. The minimum atomic E-state index is -0.366. The molecular formula is C23H26BrNO4S. The van der Waals surface area contributed by atoms with E-state index >= 15 is 0 Å². The molecule has 0 spiro atoms. The summed E-state index contributed by atoms with van der Waals surface area (Å²) in [5.74, 6) is 0.616. The molecule has 1 heterocycles. The number of carbonyl (C=O) groups excluding carboxylic acids is 2. The quantitative estimate of drug-likeness (QED) is 0.388. The highest BCUT2D eigenvalue weighted by atomic mass is 79.9. The van der Waals surface area contributed by atoms with Crippen molar-refractivity contribution in [2.24, 2.45) is 5.92 Å². The second-order valence-electron chi connectivity index (χ2n) is 7.21. The minimum absolute atomic E-state index is 0.297. The summed E-state index contributed by atoms with van der Waals surface area (Å²) in [5, 5.41) is 3.47. The van der Waals surface area contributed by atoms with Gasteiger partial charge >= 0.3 is 5.97 Å². The molecule has 1 unspecified atom stereocenters. The first-order valence-corrected chi connectivity index (χ1v) is 11.8. The van der Waals surface area contributed by atoms with Crippen molar-refractivity contribution in [3.05, 3.63) is 50.3 Å². The third-order valence-electron chi connectivity index (χ3n) is 4.91. The van der Waals surface area contributed by atoms with Gasteiger partial charge in [-0.2, -0.15) is 0 Å². The Kier molecular flexibility index (Phi) is 7.72. The van der Waals surface area contributed by atoms with Gasteiger partial charge in [-0.15, -0.1) is 11.3 Å². The van der Waals surface area contributed by atoms with Crippen molar-refractivity contribution in [2.75, 3.05) is 18.5 Å². The van der Waals surface area contributed by atoms with Crippen LogP contribution in [-0.2, 0) is 22.4 Å². The Hall–Kier alpha value is -2.12. The second kappa shape index (κ2) is 10.3. The van der Waals surface area contributed by atoms with Crippen LogP contribution >= 0.6 is 27.3 Å². The summed E-state index contributed by atoms with van der Waals surface area (Å²) in [6, 6.07) is 5.65. The lowest BCUT2D eigenvalue weighted by molar-refractivity contribution is -0.111. The molecule has 0 bridgehead atoms. The molecule has 0 saturated heterocycles. The number of carbonyl (C=O) groups is 2. The van der Waals surface area contributed by atoms with E-state index in [1.165, 1.54) is 22.3 Å². The number of hydrogen-bond acceptors (Lipinski definition) is 5. The molecule has 0 fully saturated rings. The number of benzene rings is 1. The average Bonchev–Trinajstić information content (AvgIpc) is 3.05. The molecule has 7 heteroatoms. The SMILES string of the molecule is CCOC(=O)c1c(NC(=O)C=Cc2cc(Br)ccc2OCC)sc2c1CCC(C)C2. The van der Waals surface area contributed by atoms with E-state index in [0.29, 0.717) is 35.4 Å². The van der Waals surface area contributed by atoms with Gasteiger partial charge in [-0.1, -0.05) is 22.9 Å². The van der Waals surface area contributed by atoms with E-state index in [-0.39, 0.29) is 11.9 Å². The molecule has 5 nitrogen and oxygen atoms in total. The Labute approximate surface area is 189 Å². The van der Waals surface area contributed by atoms with Crippen LogP contribution in [0.1, 0.15) is 53.6 Å². The molecule has 0 radical (unpaired) electrons. The van der Waals surface area contributed by atoms with Gasteiger partial charge in [0.2, 0.25) is 5.91 Å². The van der Waals surface area contributed by atoms with Crippen molar-refractivity contribution in [3.8, 4) is 5.75 Å². The number of nitrogens with one attached hydrogen (secondary N) is 1. The first-order chi connectivity index (χ1) is 14.4. The van der Waals surface area contributed by atoms with Gasteiger partial charge in [0, 0.05) is 21.0 Å². The summed E-state index contributed by atoms with van der Waals surface area (Å²) in [6.45, 7) is 6.75. The Balaban J connectivity index is 1.84. The molecular weight excluding hydrogens is 466 g/mol. The molecule has 1 N–H and O–H groups in total. The van der Waals surface area contributed by atoms with E-state index in [1.807, 2.05) is 25.1 Å². The summed E-state index contributed by atoms with van der Waals surface area (Å²) in [7, 11) is 0. The van der Waals surface area contributed by atoms with Crippen molar-refractivity contribution in [2.45, 2.75) is 40.0 Å². The molecule has 160 valence electrons. The second-order valence-corrected chi connectivity index (χ2v) is 9.23. The van der Waals surface area contributed by atoms with E-state index in [1.54, 1.807) is 13.0 Å². The van der Waals surface area contributed by atoms with Gasteiger partial charge in [0.1, 0.15) is 10.8 Å². The number of halogens is 1. The van der Waals surface area contributed by atoms with Crippen LogP contribution in [0.2, 0.25) is 0 Å². The number of esters is 1. The fourth-order valence-electron chi connectivity index (χ4n) is 3.51. The average molecular weight is 492 g/mol. The standard InChI is InChI=1S/C23H26BrNO4S/c1-4-28-18-10-8-16(24)13-15(18)7-11-20(26)25-22-21(23(27)29-5-2)17-9-6-14(3)12-19(17)30-22/h7-8,10-11,13-14H,4-6,9,12H2,1-3H3,(H,25,26). The van der Waals surface area contributed by atoms with Crippen molar-refractivity contribution >= 4 is 50.2 Å². The third-order valence-corrected chi connectivity index (χ3v) is 6.58. The summed E-state index contributed by atoms with van der Waals surface area (Å²) in [6.07, 6.45) is 5.97. The van der Waals surface area contributed by atoms with Gasteiger partial charge < -0.3 is 14.8 Å².